The van der Waals surface area contributed by atoms with Gasteiger partial charge in [0.25, 0.3) is 0 Å². The number of para-hydroxylation sites is 1. The highest BCUT2D eigenvalue weighted by atomic mass is 16.5. The Labute approximate surface area is 217 Å². The second-order valence-corrected chi connectivity index (χ2v) is 9.04. The van der Waals surface area contributed by atoms with Crippen molar-refractivity contribution < 1.29 is 19.3 Å². The number of phenolic OH excluding ortho intramolecular Hbond substituents is 1. The Morgan fingerprint density at radius 2 is 1.71 bits per heavy atom. The van der Waals surface area contributed by atoms with Crippen LogP contribution in [0.15, 0.2) is 85.2 Å². The molecule has 0 bridgehead atoms. The van der Waals surface area contributed by atoms with Crippen molar-refractivity contribution in [3.63, 3.8) is 0 Å². The molecule has 0 amide bonds. The lowest BCUT2D eigenvalue weighted by molar-refractivity contribution is 0.354. The Hall–Kier alpha value is -5.11. The van der Waals surface area contributed by atoms with Gasteiger partial charge in [-0.2, -0.15) is 0 Å². The first kappa shape index (κ1) is 22.1. The first-order chi connectivity index (χ1) is 18.7. The predicted octanol–water partition coefficient (Wildman–Crippen LogP) is 5.95. The van der Waals surface area contributed by atoms with Crippen molar-refractivity contribution in [2.45, 2.75) is 5.92 Å². The highest BCUT2D eigenvalue weighted by molar-refractivity contribution is 5.91. The molecule has 0 radical (unpaired) electrons. The topological polar surface area (TPSA) is 91.0 Å². The van der Waals surface area contributed by atoms with E-state index in [1.807, 2.05) is 36.4 Å². The first-order valence-electron chi connectivity index (χ1n) is 12.1. The molecule has 4 aromatic carbocycles. The molecular formula is C30H22N4O4. The Kier molecular flexibility index (Phi) is 4.94. The molecule has 0 saturated heterocycles. The van der Waals surface area contributed by atoms with Crippen LogP contribution in [0.2, 0.25) is 0 Å². The molecule has 7 rings (SSSR count). The lowest BCUT2D eigenvalue weighted by atomic mass is 9.82. The van der Waals surface area contributed by atoms with E-state index in [9.17, 15) is 5.11 Å². The third-order valence-electron chi connectivity index (χ3n) is 6.98. The quantitative estimate of drug-likeness (QED) is 0.318. The van der Waals surface area contributed by atoms with Gasteiger partial charge in [-0.1, -0.05) is 54.6 Å². The number of rotatable bonds is 4. The van der Waals surface area contributed by atoms with Gasteiger partial charge in [0, 0.05) is 16.9 Å². The maximum atomic E-state index is 10.4. The fourth-order valence-electron chi connectivity index (χ4n) is 5.20. The summed E-state index contributed by atoms with van der Waals surface area (Å²) in [6, 6.07) is 25.2. The zero-order valence-electron chi connectivity index (χ0n) is 20.6. The van der Waals surface area contributed by atoms with Gasteiger partial charge in [0.2, 0.25) is 5.88 Å². The molecule has 0 fully saturated rings. The van der Waals surface area contributed by atoms with Crippen molar-refractivity contribution in [3.05, 3.63) is 102 Å². The van der Waals surface area contributed by atoms with E-state index in [-0.39, 0.29) is 11.7 Å². The molecule has 186 valence electrons. The molecule has 8 heteroatoms. The van der Waals surface area contributed by atoms with Crippen LogP contribution in [0.25, 0.3) is 27.8 Å². The Balaban J connectivity index is 1.52. The number of fused-ring (bicyclic) bond motifs is 6. The van der Waals surface area contributed by atoms with Crippen LogP contribution >= 0.6 is 0 Å². The third-order valence-corrected chi connectivity index (χ3v) is 6.98. The van der Waals surface area contributed by atoms with E-state index in [4.69, 9.17) is 19.2 Å². The van der Waals surface area contributed by atoms with E-state index >= 15 is 0 Å². The van der Waals surface area contributed by atoms with Crippen LogP contribution < -0.4 is 14.2 Å². The molecule has 3 heterocycles. The summed E-state index contributed by atoms with van der Waals surface area (Å²) in [6.07, 6.45) is 1.59. The average molecular weight is 503 g/mol. The summed E-state index contributed by atoms with van der Waals surface area (Å²) < 4.78 is 19.3. The number of aromatic hydroxyl groups is 1. The van der Waals surface area contributed by atoms with Gasteiger partial charge in [0.1, 0.15) is 17.8 Å². The maximum Gasteiger partial charge on any atom is 0.228 e. The van der Waals surface area contributed by atoms with Gasteiger partial charge in [-0.05, 0) is 35.2 Å². The Bertz CT molecular complexity index is 1860. The summed E-state index contributed by atoms with van der Waals surface area (Å²) in [7, 11) is 3.24. The zero-order valence-corrected chi connectivity index (χ0v) is 20.6. The molecule has 1 atom stereocenters. The van der Waals surface area contributed by atoms with E-state index in [1.165, 1.54) is 0 Å². The number of phenols is 1. The lowest BCUT2D eigenvalue weighted by Crippen LogP contribution is -2.15. The molecule has 8 nitrogen and oxygen atoms in total. The first-order valence-corrected chi connectivity index (χ1v) is 12.1. The molecule has 2 aromatic heterocycles. The number of benzene rings is 4. The summed E-state index contributed by atoms with van der Waals surface area (Å²) in [5.41, 5.74) is 3.84. The minimum atomic E-state index is -0.282. The molecule has 1 N–H and O–H groups in total. The van der Waals surface area contributed by atoms with Crippen molar-refractivity contribution in [2.75, 3.05) is 14.2 Å². The highest BCUT2D eigenvalue weighted by Crippen LogP contribution is 2.51. The zero-order chi connectivity index (χ0) is 25.8. The second-order valence-electron chi connectivity index (χ2n) is 9.04. The van der Waals surface area contributed by atoms with Crippen molar-refractivity contribution in [2.24, 2.45) is 0 Å². The van der Waals surface area contributed by atoms with Crippen LogP contribution in [0.4, 0.5) is 0 Å². The standard InChI is InChI=1S/C30H22N4O4/c1-36-23-14-12-18(15-24(23)37-2)25-21-13-11-17-7-3-4-8-19(17)27(21)38-30-26(25)29-32-28(33-34(29)16-31-30)20-9-5-6-10-22(20)35/h3-16,25,35H,1-2H3/t25-/m1/s1. The number of ether oxygens (including phenoxy) is 3. The van der Waals surface area contributed by atoms with Gasteiger partial charge in [0.15, 0.2) is 23.0 Å². The minimum Gasteiger partial charge on any atom is -0.507 e. The number of hydrogen-bond acceptors (Lipinski definition) is 7. The summed E-state index contributed by atoms with van der Waals surface area (Å²) in [6.45, 7) is 0. The largest absolute Gasteiger partial charge is 0.507 e. The van der Waals surface area contributed by atoms with Gasteiger partial charge in [-0.15, -0.1) is 5.10 Å². The molecular weight excluding hydrogens is 480 g/mol. The van der Waals surface area contributed by atoms with Gasteiger partial charge < -0.3 is 19.3 Å². The average Bonchev–Trinajstić information content (AvgIpc) is 3.40. The Morgan fingerprint density at radius 3 is 2.55 bits per heavy atom. The molecule has 0 unspecified atom stereocenters. The van der Waals surface area contributed by atoms with Crippen molar-refractivity contribution in [3.8, 4) is 40.3 Å². The molecule has 38 heavy (non-hydrogen) atoms. The van der Waals surface area contributed by atoms with Gasteiger partial charge in [-0.25, -0.2) is 14.5 Å². The Morgan fingerprint density at radius 1 is 0.895 bits per heavy atom. The van der Waals surface area contributed by atoms with Crippen LogP contribution in [0.5, 0.6) is 28.9 Å². The van der Waals surface area contributed by atoms with Crippen LogP contribution in [0, 0.1) is 0 Å². The smallest absolute Gasteiger partial charge is 0.228 e. The van der Waals surface area contributed by atoms with Gasteiger partial charge in [0.05, 0.1) is 25.3 Å². The lowest BCUT2D eigenvalue weighted by Gasteiger charge is -2.29. The fraction of sp³-hybridized carbons (Fsp3) is 0.100. The highest BCUT2D eigenvalue weighted by Gasteiger charge is 2.35. The van der Waals surface area contributed by atoms with E-state index in [0.717, 1.165) is 33.2 Å². The van der Waals surface area contributed by atoms with Crippen molar-refractivity contribution in [1.82, 2.24) is 19.6 Å². The summed E-state index contributed by atoms with van der Waals surface area (Å²) in [5.74, 6) is 2.70. The van der Waals surface area contributed by atoms with Crippen LogP contribution in [0.3, 0.4) is 0 Å². The van der Waals surface area contributed by atoms with E-state index in [1.54, 1.807) is 43.3 Å². The monoisotopic (exact) mass is 502 g/mol. The SMILES string of the molecule is COc1ccc([C@@H]2c3ccc4ccccc4c3Oc3ncn4nc(-c5ccccc5O)nc4c32)cc1OC. The summed E-state index contributed by atoms with van der Waals surface area (Å²) >= 11 is 0. The third kappa shape index (κ3) is 3.27. The van der Waals surface area contributed by atoms with Crippen molar-refractivity contribution >= 4 is 16.4 Å². The molecule has 1 aliphatic heterocycles. The van der Waals surface area contributed by atoms with Crippen molar-refractivity contribution in [1.29, 1.82) is 0 Å². The van der Waals surface area contributed by atoms with E-state index in [0.29, 0.717) is 34.4 Å². The molecule has 0 spiro atoms. The van der Waals surface area contributed by atoms with Crippen LogP contribution in [-0.2, 0) is 0 Å². The fourth-order valence-corrected chi connectivity index (χ4v) is 5.20. The molecule has 0 aliphatic carbocycles. The molecule has 6 aromatic rings. The molecule has 0 saturated carbocycles. The predicted molar refractivity (Wildman–Crippen MR) is 142 cm³/mol. The van der Waals surface area contributed by atoms with E-state index in [2.05, 4.69) is 34.3 Å². The number of methoxy groups -OCH3 is 2. The van der Waals surface area contributed by atoms with Crippen LogP contribution in [-0.4, -0.2) is 38.9 Å². The normalized spacial score (nSPS) is 14.1. The van der Waals surface area contributed by atoms with E-state index < -0.39 is 0 Å². The number of nitrogens with zero attached hydrogens (tertiary/aromatic N) is 4. The molecule has 1 aliphatic rings. The number of hydrogen-bond donors (Lipinski definition) is 1. The summed E-state index contributed by atoms with van der Waals surface area (Å²) in [5, 5.41) is 17.1. The number of aromatic nitrogens is 4. The second kappa shape index (κ2) is 8.48. The van der Waals surface area contributed by atoms with Gasteiger partial charge in [-0.3, -0.25) is 0 Å². The van der Waals surface area contributed by atoms with Gasteiger partial charge >= 0.3 is 0 Å². The summed E-state index contributed by atoms with van der Waals surface area (Å²) in [4.78, 5) is 9.51. The van der Waals surface area contributed by atoms with Crippen LogP contribution in [0.1, 0.15) is 22.6 Å². The minimum absolute atomic E-state index is 0.106. The maximum absolute atomic E-state index is 10.4.